The van der Waals surface area contributed by atoms with Crippen molar-refractivity contribution in [1.82, 2.24) is 15.6 Å². The van der Waals surface area contributed by atoms with Crippen molar-refractivity contribution in [1.29, 1.82) is 0 Å². The third-order valence-electron chi connectivity index (χ3n) is 3.40. The van der Waals surface area contributed by atoms with Crippen LogP contribution in [0.15, 0.2) is 30.3 Å². The normalized spacial score (nSPS) is 13.1. The number of fused-ring (bicyclic) bond motifs is 3. The van der Waals surface area contributed by atoms with Crippen molar-refractivity contribution in [2.45, 2.75) is 19.3 Å². The average molecular weight is 254 g/mol. The van der Waals surface area contributed by atoms with E-state index in [1.165, 1.54) is 5.56 Å². The number of carbonyl (C=O) groups excluding carboxylic acids is 1. The first-order valence-electron chi connectivity index (χ1n) is 6.25. The molecule has 0 bridgehead atoms. The monoisotopic (exact) mass is 254 g/mol. The highest BCUT2D eigenvalue weighted by Crippen LogP contribution is 2.30. The van der Waals surface area contributed by atoms with Crippen LogP contribution in [0, 0.1) is 0 Å². The van der Waals surface area contributed by atoms with Crippen molar-refractivity contribution in [2.75, 3.05) is 0 Å². The predicted octanol–water partition coefficient (Wildman–Crippen LogP) is 1.24. The molecule has 1 aromatic carbocycles. The van der Waals surface area contributed by atoms with Gasteiger partial charge >= 0.3 is 0 Å². The molecule has 0 aliphatic heterocycles. The SMILES string of the molecule is NNC(=O)c1cc2c(nn1)-c1ccccc1CCC2. The highest BCUT2D eigenvalue weighted by atomic mass is 16.2. The molecule has 5 heteroatoms. The molecule has 3 rings (SSSR count). The number of hydrogen-bond donors (Lipinski definition) is 2. The van der Waals surface area contributed by atoms with Gasteiger partial charge in [-0.05, 0) is 36.5 Å². The summed E-state index contributed by atoms with van der Waals surface area (Å²) in [5, 5.41) is 8.18. The molecule has 1 heterocycles. The first-order chi connectivity index (χ1) is 9.29. The van der Waals surface area contributed by atoms with Gasteiger partial charge in [0.05, 0.1) is 5.69 Å². The molecule has 0 spiro atoms. The summed E-state index contributed by atoms with van der Waals surface area (Å²) >= 11 is 0. The molecule has 96 valence electrons. The summed E-state index contributed by atoms with van der Waals surface area (Å²) in [6, 6.07) is 9.99. The minimum absolute atomic E-state index is 0.264. The maximum Gasteiger partial charge on any atom is 0.285 e. The number of hydrazine groups is 1. The first kappa shape index (κ1) is 11.8. The van der Waals surface area contributed by atoms with E-state index in [9.17, 15) is 4.79 Å². The summed E-state index contributed by atoms with van der Waals surface area (Å²) in [6.45, 7) is 0. The zero-order chi connectivity index (χ0) is 13.2. The highest BCUT2D eigenvalue weighted by Gasteiger charge is 2.18. The van der Waals surface area contributed by atoms with E-state index in [0.29, 0.717) is 0 Å². The number of aryl methyl sites for hydroxylation is 2. The summed E-state index contributed by atoms with van der Waals surface area (Å²) in [4.78, 5) is 11.5. The Morgan fingerprint density at radius 2 is 1.95 bits per heavy atom. The van der Waals surface area contributed by atoms with E-state index in [0.717, 1.165) is 36.1 Å². The zero-order valence-corrected chi connectivity index (χ0v) is 10.4. The Bertz CT molecular complexity index is 639. The average Bonchev–Trinajstić information content (AvgIpc) is 2.65. The quantitative estimate of drug-likeness (QED) is 0.456. The van der Waals surface area contributed by atoms with E-state index < -0.39 is 5.91 Å². The molecule has 1 aliphatic rings. The standard InChI is InChI=1S/C14H14N4O/c15-16-14(19)12-8-10-6-3-5-9-4-1-2-7-11(9)13(10)18-17-12/h1-2,4,7-8H,3,5-6,15H2,(H,16,19). The minimum atomic E-state index is -0.409. The lowest BCUT2D eigenvalue weighted by Gasteiger charge is -2.08. The van der Waals surface area contributed by atoms with Gasteiger partial charge in [0.25, 0.3) is 5.91 Å². The number of nitrogens with two attached hydrogens (primary N) is 1. The molecule has 5 nitrogen and oxygen atoms in total. The molecular formula is C14H14N4O. The van der Waals surface area contributed by atoms with Crippen LogP contribution in [0.3, 0.4) is 0 Å². The molecule has 2 aromatic rings. The fraction of sp³-hybridized carbons (Fsp3) is 0.214. The van der Waals surface area contributed by atoms with Crippen LogP contribution in [-0.4, -0.2) is 16.1 Å². The van der Waals surface area contributed by atoms with Crippen LogP contribution in [0.1, 0.15) is 28.0 Å². The predicted molar refractivity (Wildman–Crippen MR) is 71.1 cm³/mol. The van der Waals surface area contributed by atoms with Crippen molar-refractivity contribution < 1.29 is 4.79 Å². The van der Waals surface area contributed by atoms with Gasteiger partial charge in [0.1, 0.15) is 0 Å². The maximum atomic E-state index is 11.5. The van der Waals surface area contributed by atoms with E-state index in [-0.39, 0.29) is 5.69 Å². The second-order valence-corrected chi connectivity index (χ2v) is 4.59. The molecule has 1 aliphatic carbocycles. The van der Waals surface area contributed by atoms with Crippen molar-refractivity contribution in [3.8, 4) is 11.3 Å². The second kappa shape index (κ2) is 4.78. The minimum Gasteiger partial charge on any atom is -0.289 e. The number of benzene rings is 1. The van der Waals surface area contributed by atoms with Gasteiger partial charge in [-0.3, -0.25) is 10.2 Å². The van der Waals surface area contributed by atoms with E-state index in [4.69, 9.17) is 5.84 Å². The first-order valence-corrected chi connectivity index (χ1v) is 6.25. The van der Waals surface area contributed by atoms with Gasteiger partial charge in [-0.25, -0.2) is 5.84 Å². The molecule has 1 aromatic heterocycles. The Balaban J connectivity index is 2.13. The Morgan fingerprint density at radius 3 is 2.79 bits per heavy atom. The molecule has 19 heavy (non-hydrogen) atoms. The summed E-state index contributed by atoms with van der Waals surface area (Å²) in [5.41, 5.74) is 6.67. The number of carbonyl (C=O) groups is 1. The molecular weight excluding hydrogens is 240 g/mol. The van der Waals surface area contributed by atoms with Crippen LogP contribution in [0.2, 0.25) is 0 Å². The van der Waals surface area contributed by atoms with E-state index in [1.54, 1.807) is 6.07 Å². The number of nitrogen functional groups attached to an aromatic ring is 1. The van der Waals surface area contributed by atoms with Crippen LogP contribution < -0.4 is 11.3 Å². The van der Waals surface area contributed by atoms with Gasteiger partial charge in [0.15, 0.2) is 5.69 Å². The molecule has 3 N–H and O–H groups in total. The second-order valence-electron chi connectivity index (χ2n) is 4.59. The Hall–Kier alpha value is -2.27. The van der Waals surface area contributed by atoms with Gasteiger partial charge < -0.3 is 0 Å². The lowest BCUT2D eigenvalue weighted by atomic mass is 10.0. The van der Waals surface area contributed by atoms with Gasteiger partial charge in [-0.2, -0.15) is 0 Å². The van der Waals surface area contributed by atoms with Crippen LogP contribution in [0.4, 0.5) is 0 Å². The number of nitrogens with zero attached hydrogens (tertiary/aromatic N) is 2. The summed E-state index contributed by atoms with van der Waals surface area (Å²) in [7, 11) is 0. The van der Waals surface area contributed by atoms with Crippen molar-refractivity contribution >= 4 is 5.91 Å². The van der Waals surface area contributed by atoms with Crippen molar-refractivity contribution in [3.63, 3.8) is 0 Å². The number of amides is 1. The fourth-order valence-electron chi connectivity index (χ4n) is 2.47. The highest BCUT2D eigenvalue weighted by molar-refractivity contribution is 5.92. The summed E-state index contributed by atoms with van der Waals surface area (Å²) in [6.07, 6.45) is 2.95. The third kappa shape index (κ3) is 2.08. The van der Waals surface area contributed by atoms with E-state index in [2.05, 4.69) is 27.8 Å². The molecule has 0 radical (unpaired) electrons. The van der Waals surface area contributed by atoms with Crippen molar-refractivity contribution in [3.05, 3.63) is 47.2 Å². The van der Waals surface area contributed by atoms with Crippen LogP contribution >= 0.6 is 0 Å². The molecule has 0 saturated heterocycles. The zero-order valence-electron chi connectivity index (χ0n) is 10.4. The smallest absolute Gasteiger partial charge is 0.285 e. The van der Waals surface area contributed by atoms with Crippen LogP contribution in [-0.2, 0) is 12.8 Å². The van der Waals surface area contributed by atoms with Gasteiger partial charge in [-0.1, -0.05) is 24.3 Å². The van der Waals surface area contributed by atoms with Crippen LogP contribution in [0.25, 0.3) is 11.3 Å². The molecule has 0 unspecified atom stereocenters. The van der Waals surface area contributed by atoms with Gasteiger partial charge in [0, 0.05) is 5.56 Å². The topological polar surface area (TPSA) is 80.9 Å². The number of aromatic nitrogens is 2. The maximum absolute atomic E-state index is 11.5. The van der Waals surface area contributed by atoms with E-state index in [1.807, 2.05) is 12.1 Å². The molecule has 0 atom stereocenters. The Kier molecular flexibility index (Phi) is 2.97. The number of rotatable bonds is 1. The summed E-state index contributed by atoms with van der Waals surface area (Å²) in [5.74, 6) is 4.71. The van der Waals surface area contributed by atoms with Crippen LogP contribution in [0.5, 0.6) is 0 Å². The Morgan fingerprint density at radius 1 is 1.16 bits per heavy atom. The molecule has 0 fully saturated rings. The number of hydrogen-bond acceptors (Lipinski definition) is 4. The summed E-state index contributed by atoms with van der Waals surface area (Å²) < 4.78 is 0. The third-order valence-corrected chi connectivity index (χ3v) is 3.40. The van der Waals surface area contributed by atoms with Gasteiger partial charge in [-0.15, -0.1) is 10.2 Å². The lowest BCUT2D eigenvalue weighted by Crippen LogP contribution is -2.31. The lowest BCUT2D eigenvalue weighted by molar-refractivity contribution is 0.0947. The molecule has 1 amide bonds. The van der Waals surface area contributed by atoms with Crippen molar-refractivity contribution in [2.24, 2.45) is 5.84 Å². The van der Waals surface area contributed by atoms with E-state index >= 15 is 0 Å². The van der Waals surface area contributed by atoms with Gasteiger partial charge in [0.2, 0.25) is 0 Å². The molecule has 0 saturated carbocycles. The number of nitrogens with one attached hydrogen (secondary N) is 1. The Labute approximate surface area is 110 Å². The largest absolute Gasteiger partial charge is 0.289 e. The fourth-order valence-corrected chi connectivity index (χ4v) is 2.47.